The van der Waals surface area contributed by atoms with E-state index in [1.807, 2.05) is 23.8 Å². The van der Waals surface area contributed by atoms with Crippen molar-refractivity contribution >= 4 is 51.1 Å². The third-order valence-corrected chi connectivity index (χ3v) is 4.23. The number of hydrogen-bond donors (Lipinski definition) is 0. The third-order valence-electron chi connectivity index (χ3n) is 2.01. The van der Waals surface area contributed by atoms with E-state index >= 15 is 0 Å². The van der Waals surface area contributed by atoms with Gasteiger partial charge in [-0.05, 0) is 23.8 Å². The Hall–Kier alpha value is -0.510. The second-order valence-corrected chi connectivity index (χ2v) is 4.91. The number of thiophene rings is 1. The molecule has 0 spiro atoms. The maximum absolute atomic E-state index is 10.8. The summed E-state index contributed by atoms with van der Waals surface area (Å²) in [6.45, 7) is 0. The first-order valence-corrected chi connectivity index (χ1v) is 6.45. The van der Waals surface area contributed by atoms with Gasteiger partial charge in [-0.15, -0.1) is 23.1 Å². The van der Waals surface area contributed by atoms with Gasteiger partial charge >= 0.3 is 0 Å². The molecule has 1 nitrogen and oxygen atoms in total. The van der Waals surface area contributed by atoms with Crippen LogP contribution in [-0.2, 0) is 0 Å². The lowest BCUT2D eigenvalue weighted by molar-refractivity contribution is 0.112. The number of carbonyl (C=O) groups is 1. The molecule has 0 saturated heterocycles. The summed E-state index contributed by atoms with van der Waals surface area (Å²) < 4.78 is 1.11. The molecule has 4 heteroatoms. The summed E-state index contributed by atoms with van der Waals surface area (Å²) in [6, 6.07) is 3.88. The van der Waals surface area contributed by atoms with Crippen LogP contribution in [0.2, 0.25) is 5.02 Å². The van der Waals surface area contributed by atoms with Gasteiger partial charge in [-0.25, -0.2) is 0 Å². The lowest BCUT2D eigenvalue weighted by Gasteiger charge is -2.04. The van der Waals surface area contributed by atoms with Crippen molar-refractivity contribution in [3.8, 4) is 0 Å². The highest BCUT2D eigenvalue weighted by Crippen LogP contribution is 2.37. The van der Waals surface area contributed by atoms with E-state index in [4.69, 9.17) is 11.6 Å². The number of hydrogen-bond acceptors (Lipinski definition) is 3. The molecule has 0 aliphatic heterocycles. The SMILES string of the molecule is CSc1c(Cl)c(C=O)cc2sccc12. The third kappa shape index (κ3) is 1.45. The van der Waals surface area contributed by atoms with Crippen molar-refractivity contribution in [3.63, 3.8) is 0 Å². The minimum absolute atomic E-state index is 0.568. The quantitative estimate of drug-likeness (QED) is 0.583. The van der Waals surface area contributed by atoms with Crippen LogP contribution in [0.15, 0.2) is 22.4 Å². The van der Waals surface area contributed by atoms with E-state index in [1.165, 1.54) is 0 Å². The molecule has 72 valence electrons. The van der Waals surface area contributed by atoms with E-state index in [2.05, 4.69) is 0 Å². The molecule has 0 unspecified atom stereocenters. The minimum Gasteiger partial charge on any atom is -0.298 e. The highest BCUT2D eigenvalue weighted by atomic mass is 35.5. The number of carbonyl (C=O) groups excluding carboxylic acids is 1. The van der Waals surface area contributed by atoms with Crippen molar-refractivity contribution in [2.24, 2.45) is 0 Å². The van der Waals surface area contributed by atoms with Crippen LogP contribution in [0.1, 0.15) is 10.4 Å². The summed E-state index contributed by atoms with van der Waals surface area (Å²) in [4.78, 5) is 11.8. The predicted octanol–water partition coefficient (Wildman–Crippen LogP) is 4.09. The van der Waals surface area contributed by atoms with Gasteiger partial charge in [0, 0.05) is 20.5 Å². The number of benzene rings is 1. The van der Waals surface area contributed by atoms with Crippen molar-refractivity contribution in [3.05, 3.63) is 28.1 Å². The summed E-state index contributed by atoms with van der Waals surface area (Å²) in [5.41, 5.74) is 0.575. The Morgan fingerprint density at radius 1 is 1.57 bits per heavy atom. The van der Waals surface area contributed by atoms with E-state index in [1.54, 1.807) is 23.1 Å². The molecular formula is C10H7ClOS2. The molecule has 0 N–H and O–H groups in total. The lowest BCUT2D eigenvalue weighted by Crippen LogP contribution is -1.84. The molecule has 0 aliphatic carbocycles. The first-order valence-electron chi connectivity index (χ1n) is 3.96. The highest BCUT2D eigenvalue weighted by molar-refractivity contribution is 7.99. The van der Waals surface area contributed by atoms with Crippen LogP contribution in [0.5, 0.6) is 0 Å². The van der Waals surface area contributed by atoms with Gasteiger partial charge in [0.25, 0.3) is 0 Å². The molecule has 0 saturated carbocycles. The minimum atomic E-state index is 0.568. The van der Waals surface area contributed by atoms with Crippen molar-refractivity contribution in [1.29, 1.82) is 0 Å². The summed E-state index contributed by atoms with van der Waals surface area (Å²) >= 11 is 9.30. The first kappa shape index (κ1) is 10.0. The molecule has 0 bridgehead atoms. The molecule has 2 aromatic rings. The molecule has 0 radical (unpaired) electrons. The van der Waals surface area contributed by atoms with Crippen LogP contribution in [0.25, 0.3) is 10.1 Å². The molecule has 0 aliphatic rings. The Balaban J connectivity index is 2.87. The van der Waals surface area contributed by atoms with Crippen LogP contribution in [0.4, 0.5) is 0 Å². The average molecular weight is 243 g/mol. The van der Waals surface area contributed by atoms with Crippen LogP contribution in [0.3, 0.4) is 0 Å². The second kappa shape index (κ2) is 3.93. The second-order valence-electron chi connectivity index (χ2n) is 2.76. The largest absolute Gasteiger partial charge is 0.298 e. The topological polar surface area (TPSA) is 17.1 Å². The predicted molar refractivity (Wildman–Crippen MR) is 64.0 cm³/mol. The number of rotatable bonds is 2. The number of halogens is 1. The van der Waals surface area contributed by atoms with Crippen LogP contribution < -0.4 is 0 Å². The highest BCUT2D eigenvalue weighted by Gasteiger charge is 2.11. The van der Waals surface area contributed by atoms with E-state index in [9.17, 15) is 4.79 Å². The molecule has 1 heterocycles. The standard InChI is InChI=1S/C10H7ClOS2/c1-13-10-7-2-3-14-8(7)4-6(5-12)9(10)11/h2-5H,1H3. The van der Waals surface area contributed by atoms with Gasteiger partial charge in [0.15, 0.2) is 6.29 Å². The molecule has 2 rings (SSSR count). The summed E-state index contributed by atoms with van der Waals surface area (Å²) in [5.74, 6) is 0. The number of thioether (sulfide) groups is 1. The van der Waals surface area contributed by atoms with Gasteiger partial charge in [0.1, 0.15) is 0 Å². The van der Waals surface area contributed by atoms with Crippen molar-refractivity contribution < 1.29 is 4.79 Å². The van der Waals surface area contributed by atoms with Gasteiger partial charge < -0.3 is 0 Å². The number of fused-ring (bicyclic) bond motifs is 1. The normalized spacial score (nSPS) is 10.7. The Bertz CT molecular complexity index is 490. The smallest absolute Gasteiger partial charge is 0.151 e. The van der Waals surface area contributed by atoms with Crippen molar-refractivity contribution in [2.45, 2.75) is 4.90 Å². The van der Waals surface area contributed by atoms with E-state index < -0.39 is 0 Å². The zero-order valence-electron chi connectivity index (χ0n) is 7.41. The Morgan fingerprint density at radius 2 is 2.36 bits per heavy atom. The Morgan fingerprint density at radius 3 is 3.00 bits per heavy atom. The summed E-state index contributed by atoms with van der Waals surface area (Å²) in [7, 11) is 0. The molecule has 0 fully saturated rings. The fourth-order valence-corrected chi connectivity index (χ4v) is 3.39. The molecular weight excluding hydrogens is 236 g/mol. The van der Waals surface area contributed by atoms with Gasteiger partial charge in [0.05, 0.1) is 5.02 Å². The van der Waals surface area contributed by atoms with E-state index in [0.717, 1.165) is 21.3 Å². The fraction of sp³-hybridized carbons (Fsp3) is 0.100. The zero-order chi connectivity index (χ0) is 10.1. The molecule has 0 atom stereocenters. The first-order chi connectivity index (χ1) is 6.77. The van der Waals surface area contributed by atoms with Gasteiger partial charge in [-0.1, -0.05) is 11.6 Å². The average Bonchev–Trinajstić information content (AvgIpc) is 2.64. The Kier molecular flexibility index (Phi) is 2.81. The van der Waals surface area contributed by atoms with Crippen molar-refractivity contribution in [1.82, 2.24) is 0 Å². The van der Waals surface area contributed by atoms with E-state index in [0.29, 0.717) is 10.6 Å². The van der Waals surface area contributed by atoms with Crippen LogP contribution in [0, 0.1) is 0 Å². The van der Waals surface area contributed by atoms with Gasteiger partial charge in [-0.3, -0.25) is 4.79 Å². The molecule has 1 aromatic carbocycles. The van der Waals surface area contributed by atoms with Crippen LogP contribution in [-0.4, -0.2) is 12.5 Å². The molecule has 1 aromatic heterocycles. The van der Waals surface area contributed by atoms with Crippen molar-refractivity contribution in [2.75, 3.05) is 6.26 Å². The maximum atomic E-state index is 10.8. The van der Waals surface area contributed by atoms with Gasteiger partial charge in [0.2, 0.25) is 0 Å². The van der Waals surface area contributed by atoms with E-state index in [-0.39, 0.29) is 0 Å². The van der Waals surface area contributed by atoms with Gasteiger partial charge in [-0.2, -0.15) is 0 Å². The van der Waals surface area contributed by atoms with Crippen LogP contribution >= 0.6 is 34.7 Å². The zero-order valence-corrected chi connectivity index (χ0v) is 9.80. The fourth-order valence-electron chi connectivity index (χ4n) is 1.36. The summed E-state index contributed by atoms with van der Waals surface area (Å²) in [6.07, 6.45) is 2.77. The number of aldehydes is 1. The summed E-state index contributed by atoms with van der Waals surface area (Å²) in [5, 5.41) is 3.71. The monoisotopic (exact) mass is 242 g/mol. The molecule has 14 heavy (non-hydrogen) atoms. The maximum Gasteiger partial charge on any atom is 0.151 e. The Labute approximate surface area is 95.1 Å². The molecule has 0 amide bonds. The lowest BCUT2D eigenvalue weighted by atomic mass is 10.2.